The Labute approximate surface area is 96.9 Å². The third-order valence-corrected chi connectivity index (χ3v) is 4.41. The molecular formula is C15H18O. The summed E-state index contributed by atoms with van der Waals surface area (Å²) in [7, 11) is 0. The van der Waals surface area contributed by atoms with Crippen molar-refractivity contribution in [3.05, 3.63) is 35.9 Å². The third-order valence-electron chi connectivity index (χ3n) is 4.41. The minimum absolute atomic E-state index is 0.511. The van der Waals surface area contributed by atoms with Gasteiger partial charge in [-0.15, -0.1) is 0 Å². The maximum absolute atomic E-state index is 11.5. The first-order chi connectivity index (χ1) is 7.83. The monoisotopic (exact) mass is 214 g/mol. The molecule has 0 saturated heterocycles. The number of hydrogen-bond acceptors (Lipinski definition) is 1. The predicted octanol–water partition coefficient (Wildman–Crippen LogP) is 3.23. The van der Waals surface area contributed by atoms with Crippen molar-refractivity contribution in [2.75, 3.05) is 0 Å². The van der Waals surface area contributed by atoms with Gasteiger partial charge in [0.05, 0.1) is 0 Å². The second-order valence-corrected chi connectivity index (χ2v) is 5.40. The second kappa shape index (κ2) is 4.04. The molecule has 2 saturated carbocycles. The van der Waals surface area contributed by atoms with E-state index in [1.165, 1.54) is 24.8 Å². The van der Waals surface area contributed by atoms with Crippen LogP contribution in [0, 0.1) is 17.8 Å². The topological polar surface area (TPSA) is 17.1 Å². The first kappa shape index (κ1) is 10.1. The molecule has 1 nitrogen and oxygen atoms in total. The number of carbonyl (C=O) groups excluding carboxylic acids is 1. The molecule has 2 aliphatic carbocycles. The molecule has 1 aromatic rings. The van der Waals surface area contributed by atoms with Crippen LogP contribution in [-0.4, -0.2) is 5.78 Å². The molecule has 2 fully saturated rings. The number of carbonyl (C=O) groups is 1. The lowest BCUT2D eigenvalue weighted by atomic mass is 9.75. The Morgan fingerprint density at radius 3 is 2.25 bits per heavy atom. The smallest absolute Gasteiger partial charge is 0.133 e. The van der Waals surface area contributed by atoms with Crippen LogP contribution in [0.3, 0.4) is 0 Å². The molecule has 0 N–H and O–H groups in total. The van der Waals surface area contributed by atoms with Gasteiger partial charge in [0.2, 0.25) is 0 Å². The molecule has 0 heterocycles. The van der Waals surface area contributed by atoms with Crippen molar-refractivity contribution in [3.63, 3.8) is 0 Å². The van der Waals surface area contributed by atoms with Gasteiger partial charge in [-0.2, -0.15) is 0 Å². The molecule has 2 bridgehead atoms. The first-order valence-electron chi connectivity index (χ1n) is 6.38. The highest BCUT2D eigenvalue weighted by atomic mass is 16.1. The molecule has 2 aliphatic rings. The molecule has 0 radical (unpaired) electrons. The molecule has 2 unspecified atom stereocenters. The average molecular weight is 214 g/mol. The van der Waals surface area contributed by atoms with Gasteiger partial charge in [-0.1, -0.05) is 30.3 Å². The molecule has 16 heavy (non-hydrogen) atoms. The molecule has 2 atom stereocenters. The number of fused-ring (bicyclic) bond motifs is 2. The summed E-state index contributed by atoms with van der Waals surface area (Å²) in [5.41, 5.74) is 1.44. The van der Waals surface area contributed by atoms with Crippen molar-refractivity contribution < 1.29 is 4.79 Å². The van der Waals surface area contributed by atoms with E-state index in [4.69, 9.17) is 0 Å². The summed E-state index contributed by atoms with van der Waals surface area (Å²) in [5.74, 6) is 2.66. The Bertz CT molecular complexity index is 366. The second-order valence-electron chi connectivity index (χ2n) is 5.40. The minimum Gasteiger partial charge on any atom is -0.300 e. The van der Waals surface area contributed by atoms with Gasteiger partial charge in [-0.25, -0.2) is 0 Å². The van der Waals surface area contributed by atoms with Crippen LogP contribution in [0.1, 0.15) is 31.2 Å². The van der Waals surface area contributed by atoms with Crippen molar-refractivity contribution >= 4 is 5.78 Å². The van der Waals surface area contributed by atoms with Crippen molar-refractivity contribution in [1.29, 1.82) is 0 Å². The summed E-state index contributed by atoms with van der Waals surface area (Å²) in [5, 5.41) is 0. The minimum atomic E-state index is 0.511. The summed E-state index contributed by atoms with van der Waals surface area (Å²) in [6, 6.07) is 10.7. The lowest BCUT2D eigenvalue weighted by molar-refractivity contribution is -0.123. The Morgan fingerprint density at radius 1 is 1.00 bits per heavy atom. The van der Waals surface area contributed by atoms with Gasteiger partial charge >= 0.3 is 0 Å². The SMILES string of the molecule is O=C1CC2CCC(C1)C2Cc1ccccc1. The summed E-state index contributed by atoms with van der Waals surface area (Å²) < 4.78 is 0. The van der Waals surface area contributed by atoms with Crippen LogP contribution in [-0.2, 0) is 11.2 Å². The quantitative estimate of drug-likeness (QED) is 0.738. The van der Waals surface area contributed by atoms with Crippen LogP contribution in [0.4, 0.5) is 0 Å². The number of Topliss-reactive ketones (excluding diaryl/α,β-unsaturated/α-hetero) is 1. The fourth-order valence-corrected chi connectivity index (χ4v) is 3.64. The fourth-order valence-electron chi connectivity index (χ4n) is 3.64. The Morgan fingerprint density at radius 2 is 1.62 bits per heavy atom. The molecular weight excluding hydrogens is 196 g/mol. The standard InChI is InChI=1S/C15H18O/c16-14-9-12-6-7-13(10-14)15(12)8-11-4-2-1-3-5-11/h1-5,12-13,15H,6-10H2. The first-order valence-corrected chi connectivity index (χ1v) is 6.38. The molecule has 1 heteroatoms. The number of benzene rings is 1. The maximum Gasteiger partial charge on any atom is 0.133 e. The van der Waals surface area contributed by atoms with Gasteiger partial charge in [-0.05, 0) is 42.6 Å². The molecule has 0 aliphatic heterocycles. The van der Waals surface area contributed by atoms with E-state index >= 15 is 0 Å². The van der Waals surface area contributed by atoms with Gasteiger partial charge in [0, 0.05) is 12.8 Å². The molecule has 0 amide bonds. The van der Waals surface area contributed by atoms with Crippen molar-refractivity contribution in [3.8, 4) is 0 Å². The summed E-state index contributed by atoms with van der Waals surface area (Å²) in [6.45, 7) is 0. The Kier molecular flexibility index (Phi) is 2.55. The Hall–Kier alpha value is -1.11. The van der Waals surface area contributed by atoms with Crippen LogP contribution in [0.5, 0.6) is 0 Å². The summed E-state index contributed by atoms with van der Waals surface area (Å²) in [6.07, 6.45) is 5.47. The van der Waals surface area contributed by atoms with Crippen LogP contribution >= 0.6 is 0 Å². The summed E-state index contributed by atoms with van der Waals surface area (Å²) in [4.78, 5) is 11.5. The van der Waals surface area contributed by atoms with E-state index in [-0.39, 0.29) is 0 Å². The lowest BCUT2D eigenvalue weighted by Crippen LogP contribution is -2.27. The molecule has 1 aromatic carbocycles. The van der Waals surface area contributed by atoms with Gasteiger partial charge in [0.25, 0.3) is 0 Å². The van der Waals surface area contributed by atoms with Gasteiger partial charge < -0.3 is 0 Å². The molecule has 84 valence electrons. The number of hydrogen-bond donors (Lipinski definition) is 0. The maximum atomic E-state index is 11.5. The third kappa shape index (κ3) is 1.79. The van der Waals surface area contributed by atoms with E-state index in [9.17, 15) is 4.79 Å². The van der Waals surface area contributed by atoms with E-state index in [1.54, 1.807) is 0 Å². The van der Waals surface area contributed by atoms with E-state index in [0.29, 0.717) is 17.6 Å². The predicted molar refractivity (Wildman–Crippen MR) is 64.1 cm³/mol. The molecule has 0 spiro atoms. The van der Waals surface area contributed by atoms with Crippen molar-refractivity contribution in [2.24, 2.45) is 17.8 Å². The van der Waals surface area contributed by atoms with Gasteiger partial charge in [0.1, 0.15) is 5.78 Å². The summed E-state index contributed by atoms with van der Waals surface area (Å²) >= 11 is 0. The average Bonchev–Trinajstić information content (AvgIpc) is 2.54. The number of rotatable bonds is 2. The zero-order chi connectivity index (χ0) is 11.0. The number of ketones is 1. The van der Waals surface area contributed by atoms with Gasteiger partial charge in [-0.3, -0.25) is 4.79 Å². The fraction of sp³-hybridized carbons (Fsp3) is 0.533. The highest BCUT2D eigenvalue weighted by Crippen LogP contribution is 2.46. The van der Waals surface area contributed by atoms with Gasteiger partial charge in [0.15, 0.2) is 0 Å². The molecule has 3 rings (SSSR count). The van der Waals surface area contributed by atoms with E-state index in [0.717, 1.165) is 18.8 Å². The van der Waals surface area contributed by atoms with E-state index < -0.39 is 0 Å². The highest BCUT2D eigenvalue weighted by molar-refractivity contribution is 5.80. The van der Waals surface area contributed by atoms with Crippen molar-refractivity contribution in [1.82, 2.24) is 0 Å². The van der Waals surface area contributed by atoms with Crippen LogP contribution in [0.2, 0.25) is 0 Å². The largest absolute Gasteiger partial charge is 0.300 e. The lowest BCUT2D eigenvalue weighted by Gasteiger charge is -2.29. The Balaban J connectivity index is 1.75. The van der Waals surface area contributed by atoms with Crippen LogP contribution < -0.4 is 0 Å². The van der Waals surface area contributed by atoms with Crippen LogP contribution in [0.25, 0.3) is 0 Å². The van der Waals surface area contributed by atoms with E-state index in [1.807, 2.05) is 0 Å². The molecule has 0 aromatic heterocycles. The highest BCUT2D eigenvalue weighted by Gasteiger charge is 2.41. The normalized spacial score (nSPS) is 33.0. The zero-order valence-electron chi connectivity index (χ0n) is 9.56. The van der Waals surface area contributed by atoms with Crippen molar-refractivity contribution in [2.45, 2.75) is 32.1 Å². The van der Waals surface area contributed by atoms with E-state index in [2.05, 4.69) is 30.3 Å². The van der Waals surface area contributed by atoms with Crippen LogP contribution in [0.15, 0.2) is 30.3 Å². The zero-order valence-corrected chi connectivity index (χ0v) is 9.56.